The van der Waals surface area contributed by atoms with Gasteiger partial charge in [0.1, 0.15) is 5.82 Å². The van der Waals surface area contributed by atoms with Gasteiger partial charge >= 0.3 is 0 Å². The predicted molar refractivity (Wildman–Crippen MR) is 88.8 cm³/mol. The van der Waals surface area contributed by atoms with Crippen molar-refractivity contribution in [1.82, 2.24) is 0 Å². The highest BCUT2D eigenvalue weighted by Gasteiger charge is 2.16. The third-order valence-corrected chi connectivity index (χ3v) is 5.47. The van der Waals surface area contributed by atoms with Gasteiger partial charge < -0.3 is 0 Å². The lowest BCUT2D eigenvalue weighted by Gasteiger charge is -2.11. The predicted octanol–water partition coefficient (Wildman–Crippen LogP) is 4.30. The van der Waals surface area contributed by atoms with Gasteiger partial charge in [-0.15, -0.1) is 0 Å². The molecule has 0 heterocycles. The minimum atomic E-state index is -3.68. The molecule has 0 fully saturated rings. The molecule has 2 rings (SSSR count). The Morgan fingerprint density at radius 2 is 1.80 bits per heavy atom. The van der Waals surface area contributed by atoms with Crippen molar-refractivity contribution in [3.63, 3.8) is 0 Å². The van der Waals surface area contributed by atoms with Crippen molar-refractivity contribution in [1.29, 1.82) is 0 Å². The molecule has 0 saturated carbocycles. The van der Waals surface area contributed by atoms with E-state index in [0.717, 1.165) is 5.56 Å². The highest BCUT2D eigenvalue weighted by atomic mass is 127. The molecule has 3 nitrogen and oxygen atoms in total. The molecule has 0 saturated heterocycles. The molecule has 0 atom stereocenters. The first-order valence-electron chi connectivity index (χ1n) is 5.53. The highest BCUT2D eigenvalue weighted by molar-refractivity contribution is 14.1. The van der Waals surface area contributed by atoms with Gasteiger partial charge in [0.05, 0.1) is 15.1 Å². The van der Waals surface area contributed by atoms with E-state index in [2.05, 4.69) is 20.7 Å². The zero-order chi connectivity index (χ0) is 14.9. The third kappa shape index (κ3) is 3.50. The Kier molecular flexibility index (Phi) is 4.70. The first-order valence-corrected chi connectivity index (χ1v) is 8.89. The third-order valence-electron chi connectivity index (χ3n) is 2.59. The molecule has 0 unspecified atom stereocenters. The fraction of sp³-hybridized carbons (Fsp3) is 0.0769. The monoisotopic (exact) mass is 469 g/mol. The second kappa shape index (κ2) is 5.98. The van der Waals surface area contributed by atoms with Crippen LogP contribution in [0.5, 0.6) is 0 Å². The molecule has 0 aliphatic heterocycles. The summed E-state index contributed by atoms with van der Waals surface area (Å²) in [6.45, 7) is 1.88. The maximum atomic E-state index is 13.3. The summed E-state index contributed by atoms with van der Waals surface area (Å²) in [4.78, 5) is 0.166. The quantitative estimate of drug-likeness (QED) is 0.538. The van der Waals surface area contributed by atoms with Crippen LogP contribution in [0, 0.1) is 16.3 Å². The maximum Gasteiger partial charge on any atom is 0.261 e. The minimum Gasteiger partial charge on any atom is -0.279 e. The van der Waals surface area contributed by atoms with Crippen molar-refractivity contribution in [2.75, 3.05) is 4.72 Å². The van der Waals surface area contributed by atoms with E-state index >= 15 is 0 Å². The Morgan fingerprint density at radius 1 is 1.20 bits per heavy atom. The molecule has 7 heteroatoms. The number of sulfonamides is 1. The van der Waals surface area contributed by atoms with Crippen molar-refractivity contribution in [2.45, 2.75) is 11.8 Å². The van der Waals surface area contributed by atoms with Crippen molar-refractivity contribution in [3.8, 4) is 0 Å². The van der Waals surface area contributed by atoms with E-state index in [1.165, 1.54) is 24.3 Å². The van der Waals surface area contributed by atoms with Crippen molar-refractivity contribution in [2.24, 2.45) is 0 Å². The number of nitrogens with one attached hydrogen (secondary N) is 1. The first-order chi connectivity index (χ1) is 9.29. The standard InChI is InChI=1S/C13H10BrFINO2S/c1-8-2-4-9(5-3-8)20(18,19)17-13-6-10(14)11(15)7-12(13)16/h2-7,17H,1H3. The van der Waals surface area contributed by atoms with Crippen LogP contribution < -0.4 is 4.72 Å². The van der Waals surface area contributed by atoms with Crippen LogP contribution in [0.25, 0.3) is 0 Å². The van der Waals surface area contributed by atoms with Crippen molar-refractivity contribution >= 4 is 54.2 Å². The topological polar surface area (TPSA) is 46.2 Å². The van der Waals surface area contributed by atoms with Gasteiger partial charge in [-0.2, -0.15) is 0 Å². The lowest BCUT2D eigenvalue weighted by atomic mass is 10.2. The Bertz CT molecular complexity index is 748. The van der Waals surface area contributed by atoms with E-state index < -0.39 is 15.8 Å². The number of anilines is 1. The molecule has 106 valence electrons. The molecule has 0 amide bonds. The lowest BCUT2D eigenvalue weighted by molar-refractivity contribution is 0.600. The average Bonchev–Trinajstić information content (AvgIpc) is 2.36. The van der Waals surface area contributed by atoms with Gasteiger partial charge in [-0.1, -0.05) is 17.7 Å². The van der Waals surface area contributed by atoms with Crippen LogP contribution in [0.1, 0.15) is 5.56 Å². The van der Waals surface area contributed by atoms with E-state index in [4.69, 9.17) is 0 Å². The minimum absolute atomic E-state index is 0.166. The summed E-state index contributed by atoms with van der Waals surface area (Å²) in [6.07, 6.45) is 0. The number of hydrogen-bond acceptors (Lipinski definition) is 2. The smallest absolute Gasteiger partial charge is 0.261 e. The van der Waals surface area contributed by atoms with Gasteiger partial charge in [-0.05, 0) is 69.7 Å². The molecule has 0 radical (unpaired) electrons. The Balaban J connectivity index is 2.38. The summed E-state index contributed by atoms with van der Waals surface area (Å²) < 4.78 is 41.0. The summed E-state index contributed by atoms with van der Waals surface area (Å²) in [5.41, 5.74) is 1.31. The van der Waals surface area contributed by atoms with Gasteiger partial charge in [-0.25, -0.2) is 12.8 Å². The summed E-state index contributed by atoms with van der Waals surface area (Å²) >= 11 is 4.92. The fourth-order valence-electron chi connectivity index (χ4n) is 1.52. The first kappa shape index (κ1) is 15.7. The van der Waals surface area contributed by atoms with E-state index in [9.17, 15) is 12.8 Å². The highest BCUT2D eigenvalue weighted by Crippen LogP contribution is 2.28. The second-order valence-electron chi connectivity index (χ2n) is 4.16. The molecular weight excluding hydrogens is 460 g/mol. The van der Waals surface area contributed by atoms with Crippen molar-refractivity contribution < 1.29 is 12.8 Å². The Labute approximate surface area is 138 Å². The molecule has 2 aromatic carbocycles. The van der Waals surface area contributed by atoms with Crippen LogP contribution in [0.3, 0.4) is 0 Å². The van der Waals surface area contributed by atoms with Gasteiger partial charge in [0.25, 0.3) is 10.0 Å². The SMILES string of the molecule is Cc1ccc(S(=O)(=O)Nc2cc(Br)c(F)cc2I)cc1. The van der Waals surface area contributed by atoms with Gasteiger partial charge in [0.2, 0.25) is 0 Å². The Morgan fingerprint density at radius 3 is 2.40 bits per heavy atom. The van der Waals surface area contributed by atoms with Gasteiger partial charge in [0, 0.05) is 3.57 Å². The zero-order valence-electron chi connectivity index (χ0n) is 10.3. The number of benzene rings is 2. The largest absolute Gasteiger partial charge is 0.279 e. The molecule has 0 bridgehead atoms. The van der Waals surface area contributed by atoms with E-state index in [1.54, 1.807) is 12.1 Å². The van der Waals surface area contributed by atoms with Crippen LogP contribution in [0.15, 0.2) is 45.8 Å². The second-order valence-corrected chi connectivity index (χ2v) is 7.86. The van der Waals surface area contributed by atoms with E-state index in [-0.39, 0.29) is 9.37 Å². The molecule has 0 aliphatic carbocycles. The van der Waals surface area contributed by atoms with Crippen LogP contribution in [0.4, 0.5) is 10.1 Å². The van der Waals surface area contributed by atoms with Gasteiger partial charge in [0.15, 0.2) is 0 Å². The van der Waals surface area contributed by atoms with E-state index in [1.807, 2.05) is 29.5 Å². The van der Waals surface area contributed by atoms with Crippen LogP contribution in [0.2, 0.25) is 0 Å². The zero-order valence-corrected chi connectivity index (χ0v) is 14.9. The van der Waals surface area contributed by atoms with Crippen LogP contribution in [-0.4, -0.2) is 8.42 Å². The van der Waals surface area contributed by atoms with E-state index in [0.29, 0.717) is 9.26 Å². The number of hydrogen-bond donors (Lipinski definition) is 1. The molecule has 20 heavy (non-hydrogen) atoms. The van der Waals surface area contributed by atoms with Crippen LogP contribution >= 0.6 is 38.5 Å². The average molecular weight is 470 g/mol. The molecule has 1 N–H and O–H groups in total. The summed E-state index contributed by atoms with van der Waals surface area (Å²) in [6, 6.07) is 9.17. The number of aryl methyl sites for hydroxylation is 1. The Hall–Kier alpha value is -0.670. The fourth-order valence-corrected chi connectivity index (χ4v) is 3.68. The molecule has 2 aromatic rings. The lowest BCUT2D eigenvalue weighted by Crippen LogP contribution is -2.14. The van der Waals surface area contributed by atoms with Crippen molar-refractivity contribution in [3.05, 3.63) is 55.8 Å². The normalized spacial score (nSPS) is 11.4. The number of halogens is 3. The maximum absolute atomic E-state index is 13.3. The molecule has 0 aromatic heterocycles. The summed E-state index contributed by atoms with van der Waals surface area (Å²) in [5, 5.41) is 0. The number of rotatable bonds is 3. The summed E-state index contributed by atoms with van der Waals surface area (Å²) in [5.74, 6) is -0.437. The molecular formula is C13H10BrFINO2S. The molecule has 0 aliphatic rings. The summed E-state index contributed by atoms with van der Waals surface area (Å²) in [7, 11) is -3.68. The van der Waals surface area contributed by atoms with Crippen LogP contribution in [-0.2, 0) is 10.0 Å². The van der Waals surface area contributed by atoms with Gasteiger partial charge in [-0.3, -0.25) is 4.72 Å². The molecule has 0 spiro atoms.